The SMILES string of the molecule is C=CCOCCc1cn(C)c2ccccc12. The largest absolute Gasteiger partial charge is 0.377 e. The van der Waals surface area contributed by atoms with Gasteiger partial charge < -0.3 is 9.30 Å². The first-order chi connectivity index (χ1) is 7.83. The Bertz CT molecular complexity index is 484. The van der Waals surface area contributed by atoms with Gasteiger partial charge in [0.1, 0.15) is 0 Å². The van der Waals surface area contributed by atoms with Gasteiger partial charge in [0.05, 0.1) is 13.2 Å². The third-order valence-corrected chi connectivity index (χ3v) is 2.73. The molecule has 0 aliphatic carbocycles. The van der Waals surface area contributed by atoms with E-state index in [9.17, 15) is 0 Å². The molecule has 1 heterocycles. The van der Waals surface area contributed by atoms with Crippen molar-refractivity contribution in [3.8, 4) is 0 Å². The maximum atomic E-state index is 5.42. The zero-order chi connectivity index (χ0) is 11.4. The molecule has 0 N–H and O–H groups in total. The van der Waals surface area contributed by atoms with Crippen molar-refractivity contribution in [2.24, 2.45) is 7.05 Å². The summed E-state index contributed by atoms with van der Waals surface area (Å²) in [5.74, 6) is 0. The molecule has 0 unspecified atom stereocenters. The summed E-state index contributed by atoms with van der Waals surface area (Å²) in [4.78, 5) is 0. The molecule has 1 aromatic heterocycles. The molecule has 0 saturated carbocycles. The highest BCUT2D eigenvalue weighted by atomic mass is 16.5. The van der Waals surface area contributed by atoms with Crippen molar-refractivity contribution in [1.82, 2.24) is 4.57 Å². The summed E-state index contributed by atoms with van der Waals surface area (Å²) in [5.41, 5.74) is 2.63. The quantitative estimate of drug-likeness (QED) is 0.552. The van der Waals surface area contributed by atoms with Crippen molar-refractivity contribution in [3.05, 3.63) is 48.7 Å². The van der Waals surface area contributed by atoms with E-state index in [0.717, 1.165) is 13.0 Å². The van der Waals surface area contributed by atoms with Crippen LogP contribution in [0.4, 0.5) is 0 Å². The second-order valence-electron chi connectivity index (χ2n) is 3.90. The molecule has 0 aliphatic rings. The van der Waals surface area contributed by atoms with Gasteiger partial charge in [-0.25, -0.2) is 0 Å². The molecule has 0 amide bonds. The third-order valence-electron chi connectivity index (χ3n) is 2.73. The first kappa shape index (κ1) is 11.0. The number of benzene rings is 1. The van der Waals surface area contributed by atoms with Crippen molar-refractivity contribution in [3.63, 3.8) is 0 Å². The van der Waals surface area contributed by atoms with Crippen LogP contribution in [0.25, 0.3) is 10.9 Å². The summed E-state index contributed by atoms with van der Waals surface area (Å²) in [7, 11) is 2.08. The predicted octanol–water partition coefficient (Wildman–Crippen LogP) is 2.92. The normalized spacial score (nSPS) is 10.8. The first-order valence-electron chi connectivity index (χ1n) is 5.54. The Balaban J connectivity index is 2.15. The van der Waals surface area contributed by atoms with Crippen LogP contribution in [0.1, 0.15) is 5.56 Å². The summed E-state index contributed by atoms with van der Waals surface area (Å²) < 4.78 is 7.58. The smallest absolute Gasteiger partial charge is 0.0644 e. The van der Waals surface area contributed by atoms with E-state index in [1.807, 2.05) is 0 Å². The number of ether oxygens (including phenoxy) is 1. The van der Waals surface area contributed by atoms with Gasteiger partial charge in [-0.05, 0) is 18.1 Å². The highest BCUT2D eigenvalue weighted by Gasteiger charge is 2.04. The van der Waals surface area contributed by atoms with Crippen LogP contribution in [0, 0.1) is 0 Å². The minimum absolute atomic E-state index is 0.630. The van der Waals surface area contributed by atoms with Gasteiger partial charge >= 0.3 is 0 Å². The van der Waals surface area contributed by atoms with Gasteiger partial charge in [0.25, 0.3) is 0 Å². The number of hydrogen-bond acceptors (Lipinski definition) is 1. The van der Waals surface area contributed by atoms with Crippen LogP contribution >= 0.6 is 0 Å². The van der Waals surface area contributed by atoms with Crippen LogP contribution in [-0.4, -0.2) is 17.8 Å². The van der Waals surface area contributed by atoms with Gasteiger partial charge in [-0.15, -0.1) is 6.58 Å². The Morgan fingerprint density at radius 1 is 1.38 bits per heavy atom. The van der Waals surface area contributed by atoms with E-state index < -0.39 is 0 Å². The Morgan fingerprint density at radius 3 is 3.00 bits per heavy atom. The third kappa shape index (κ3) is 2.17. The van der Waals surface area contributed by atoms with Crippen LogP contribution < -0.4 is 0 Å². The molecule has 0 aliphatic heterocycles. The van der Waals surface area contributed by atoms with Crippen molar-refractivity contribution >= 4 is 10.9 Å². The fourth-order valence-electron chi connectivity index (χ4n) is 1.97. The van der Waals surface area contributed by atoms with E-state index >= 15 is 0 Å². The minimum Gasteiger partial charge on any atom is -0.377 e. The maximum absolute atomic E-state index is 5.42. The van der Waals surface area contributed by atoms with Crippen LogP contribution in [-0.2, 0) is 18.2 Å². The van der Waals surface area contributed by atoms with E-state index in [0.29, 0.717) is 6.61 Å². The number of para-hydroxylation sites is 1. The lowest BCUT2D eigenvalue weighted by atomic mass is 10.1. The van der Waals surface area contributed by atoms with E-state index in [-0.39, 0.29) is 0 Å². The Kier molecular flexibility index (Phi) is 3.42. The molecule has 0 atom stereocenters. The lowest BCUT2D eigenvalue weighted by Crippen LogP contribution is -1.97. The van der Waals surface area contributed by atoms with E-state index in [1.165, 1.54) is 16.5 Å². The lowest BCUT2D eigenvalue weighted by Gasteiger charge is -2.00. The van der Waals surface area contributed by atoms with E-state index in [1.54, 1.807) is 6.08 Å². The van der Waals surface area contributed by atoms with E-state index in [4.69, 9.17) is 4.74 Å². The first-order valence-corrected chi connectivity index (χ1v) is 5.54. The number of fused-ring (bicyclic) bond motifs is 1. The molecule has 2 rings (SSSR count). The Hall–Kier alpha value is -1.54. The fraction of sp³-hybridized carbons (Fsp3) is 0.286. The van der Waals surface area contributed by atoms with Crippen molar-refractivity contribution in [2.45, 2.75) is 6.42 Å². The molecule has 0 spiro atoms. The average Bonchev–Trinajstić information content (AvgIpc) is 2.63. The molecule has 1 aromatic carbocycles. The highest BCUT2D eigenvalue weighted by Crippen LogP contribution is 2.20. The molecule has 0 saturated heterocycles. The average molecular weight is 215 g/mol. The number of hydrogen-bond donors (Lipinski definition) is 0. The molecule has 0 radical (unpaired) electrons. The Labute approximate surface area is 96.1 Å². The standard InChI is InChI=1S/C14H17NO/c1-3-9-16-10-8-12-11-15(2)14-7-5-4-6-13(12)14/h3-7,11H,1,8-10H2,2H3. The van der Waals surface area contributed by atoms with Gasteiger partial charge in [-0.2, -0.15) is 0 Å². The number of aryl methyl sites for hydroxylation is 1. The van der Waals surface area contributed by atoms with Gasteiger partial charge in [-0.3, -0.25) is 0 Å². The number of nitrogens with zero attached hydrogens (tertiary/aromatic N) is 1. The van der Waals surface area contributed by atoms with E-state index in [2.05, 4.69) is 48.7 Å². The summed E-state index contributed by atoms with van der Waals surface area (Å²) in [6, 6.07) is 8.46. The molecule has 2 heteroatoms. The zero-order valence-corrected chi connectivity index (χ0v) is 9.65. The molecule has 2 nitrogen and oxygen atoms in total. The molecule has 84 valence electrons. The zero-order valence-electron chi connectivity index (χ0n) is 9.65. The van der Waals surface area contributed by atoms with Crippen LogP contribution in [0.3, 0.4) is 0 Å². The molecule has 0 bridgehead atoms. The second kappa shape index (κ2) is 4.99. The van der Waals surface area contributed by atoms with Crippen molar-refractivity contribution in [2.75, 3.05) is 13.2 Å². The molecule has 0 fully saturated rings. The fourth-order valence-corrected chi connectivity index (χ4v) is 1.97. The van der Waals surface area contributed by atoms with Gasteiger partial charge in [0.2, 0.25) is 0 Å². The Morgan fingerprint density at radius 2 is 2.19 bits per heavy atom. The van der Waals surface area contributed by atoms with Gasteiger partial charge in [-0.1, -0.05) is 24.3 Å². The lowest BCUT2D eigenvalue weighted by molar-refractivity contribution is 0.166. The van der Waals surface area contributed by atoms with Crippen LogP contribution in [0.5, 0.6) is 0 Å². The molecule has 16 heavy (non-hydrogen) atoms. The molecular formula is C14H17NO. The molecular weight excluding hydrogens is 198 g/mol. The number of rotatable bonds is 5. The second-order valence-corrected chi connectivity index (χ2v) is 3.90. The summed E-state index contributed by atoms with van der Waals surface area (Å²) in [6.45, 7) is 5.01. The molecule has 2 aromatic rings. The highest BCUT2D eigenvalue weighted by molar-refractivity contribution is 5.83. The monoisotopic (exact) mass is 215 g/mol. The topological polar surface area (TPSA) is 14.2 Å². The summed E-state index contributed by atoms with van der Waals surface area (Å²) in [5, 5.41) is 1.33. The number of aromatic nitrogens is 1. The van der Waals surface area contributed by atoms with Crippen molar-refractivity contribution in [1.29, 1.82) is 0 Å². The van der Waals surface area contributed by atoms with Crippen LogP contribution in [0.15, 0.2) is 43.1 Å². The summed E-state index contributed by atoms with van der Waals surface area (Å²) in [6.07, 6.45) is 4.92. The maximum Gasteiger partial charge on any atom is 0.0644 e. The van der Waals surface area contributed by atoms with Crippen LogP contribution in [0.2, 0.25) is 0 Å². The van der Waals surface area contributed by atoms with Gasteiger partial charge in [0.15, 0.2) is 0 Å². The minimum atomic E-state index is 0.630. The predicted molar refractivity (Wildman–Crippen MR) is 67.6 cm³/mol. The summed E-state index contributed by atoms with van der Waals surface area (Å²) >= 11 is 0. The van der Waals surface area contributed by atoms with Crippen molar-refractivity contribution < 1.29 is 4.74 Å². The van der Waals surface area contributed by atoms with Gasteiger partial charge in [0, 0.05) is 24.1 Å².